The molecular formula is C19H16N2O4. The summed E-state index contributed by atoms with van der Waals surface area (Å²) in [5.41, 5.74) is 4.38. The fourth-order valence-electron chi connectivity index (χ4n) is 2.98. The lowest BCUT2D eigenvalue weighted by Crippen LogP contribution is -2.26. The van der Waals surface area contributed by atoms with Crippen LogP contribution >= 0.6 is 0 Å². The summed E-state index contributed by atoms with van der Waals surface area (Å²) in [5.74, 6) is -1.87. The summed E-state index contributed by atoms with van der Waals surface area (Å²) < 4.78 is 0. The predicted molar refractivity (Wildman–Crippen MR) is 92.9 cm³/mol. The number of carbonyl (C=O) groups excluding carboxylic acids is 2. The van der Waals surface area contributed by atoms with E-state index in [0.717, 1.165) is 34.4 Å². The minimum atomic E-state index is -1.18. The standard InChI is InChI=1S/C19H16N2O4/c1-11(22)20-12-6-7-14-13-4-2-3-5-15(13)19(16(14)10-12)21-17(23)8-9-18(24)25/h2-10,19H,1H3,(H,20,22)(H,21,23)(H,24,25). The van der Waals surface area contributed by atoms with Gasteiger partial charge in [-0.3, -0.25) is 9.59 Å². The molecule has 0 aliphatic heterocycles. The summed E-state index contributed by atoms with van der Waals surface area (Å²) in [5, 5.41) is 14.2. The summed E-state index contributed by atoms with van der Waals surface area (Å²) in [6.45, 7) is 1.43. The van der Waals surface area contributed by atoms with E-state index in [1.807, 2.05) is 42.5 Å². The minimum Gasteiger partial charge on any atom is -0.478 e. The van der Waals surface area contributed by atoms with Crippen LogP contribution in [0.2, 0.25) is 0 Å². The minimum absolute atomic E-state index is 0.180. The third-order valence-corrected chi connectivity index (χ3v) is 3.91. The van der Waals surface area contributed by atoms with Crippen LogP contribution in [-0.4, -0.2) is 22.9 Å². The Morgan fingerprint density at radius 3 is 2.44 bits per heavy atom. The van der Waals surface area contributed by atoms with Gasteiger partial charge >= 0.3 is 5.97 Å². The van der Waals surface area contributed by atoms with Crippen LogP contribution in [0.3, 0.4) is 0 Å². The van der Waals surface area contributed by atoms with Crippen LogP contribution < -0.4 is 10.6 Å². The fraction of sp³-hybridized carbons (Fsp3) is 0.105. The van der Waals surface area contributed by atoms with E-state index in [1.165, 1.54) is 6.92 Å². The van der Waals surface area contributed by atoms with Crippen LogP contribution in [0.4, 0.5) is 5.69 Å². The van der Waals surface area contributed by atoms with Crippen LogP contribution in [0.5, 0.6) is 0 Å². The van der Waals surface area contributed by atoms with Gasteiger partial charge in [-0.25, -0.2) is 4.79 Å². The molecule has 3 N–H and O–H groups in total. The smallest absolute Gasteiger partial charge is 0.328 e. The number of hydrogen-bond donors (Lipinski definition) is 3. The van der Waals surface area contributed by atoms with Crippen molar-refractivity contribution in [3.8, 4) is 11.1 Å². The average Bonchev–Trinajstić information content (AvgIpc) is 2.86. The molecule has 0 spiro atoms. The molecule has 0 heterocycles. The molecule has 6 heteroatoms. The first-order chi connectivity index (χ1) is 12.0. The molecule has 0 saturated carbocycles. The first-order valence-electron chi connectivity index (χ1n) is 7.68. The Bertz CT molecular complexity index is 902. The Labute approximate surface area is 144 Å². The summed E-state index contributed by atoms with van der Waals surface area (Å²) in [4.78, 5) is 33.9. The highest BCUT2D eigenvalue weighted by Gasteiger charge is 2.29. The molecule has 0 bridgehead atoms. The van der Waals surface area contributed by atoms with Crippen LogP contribution in [0.1, 0.15) is 24.1 Å². The van der Waals surface area contributed by atoms with Crippen molar-refractivity contribution in [2.24, 2.45) is 0 Å². The number of carboxylic acid groups (broad SMARTS) is 1. The number of nitrogens with one attached hydrogen (secondary N) is 2. The Morgan fingerprint density at radius 2 is 1.72 bits per heavy atom. The Morgan fingerprint density at radius 1 is 1.00 bits per heavy atom. The lowest BCUT2D eigenvalue weighted by atomic mass is 10.0. The molecular weight excluding hydrogens is 320 g/mol. The van der Waals surface area contributed by atoms with Crippen molar-refractivity contribution < 1.29 is 19.5 Å². The number of aliphatic carboxylic acids is 1. The van der Waals surface area contributed by atoms with Gasteiger partial charge in [-0.1, -0.05) is 30.3 Å². The Balaban J connectivity index is 1.99. The highest BCUT2D eigenvalue weighted by Crippen LogP contribution is 2.44. The van der Waals surface area contributed by atoms with Crippen LogP contribution in [-0.2, 0) is 14.4 Å². The van der Waals surface area contributed by atoms with Gasteiger partial charge in [-0.15, -0.1) is 0 Å². The molecule has 126 valence electrons. The SMILES string of the molecule is CC(=O)Nc1ccc2c(c1)C(NC(=O)C=CC(=O)O)c1ccccc1-2. The van der Waals surface area contributed by atoms with E-state index in [4.69, 9.17) is 5.11 Å². The molecule has 2 aromatic rings. The molecule has 1 atom stereocenters. The van der Waals surface area contributed by atoms with Gasteiger partial charge in [-0.2, -0.15) is 0 Å². The Hall–Kier alpha value is -3.41. The first kappa shape index (κ1) is 16.4. The Kier molecular flexibility index (Phi) is 4.35. The molecule has 0 fully saturated rings. The zero-order valence-electron chi connectivity index (χ0n) is 13.4. The zero-order chi connectivity index (χ0) is 18.0. The van der Waals surface area contributed by atoms with Gasteiger partial charge in [0.15, 0.2) is 0 Å². The highest BCUT2D eigenvalue weighted by molar-refractivity contribution is 5.95. The van der Waals surface area contributed by atoms with E-state index in [1.54, 1.807) is 0 Å². The number of hydrogen-bond acceptors (Lipinski definition) is 3. The molecule has 1 unspecified atom stereocenters. The molecule has 6 nitrogen and oxygen atoms in total. The van der Waals surface area contributed by atoms with Crippen molar-refractivity contribution >= 4 is 23.5 Å². The second kappa shape index (κ2) is 6.60. The van der Waals surface area contributed by atoms with E-state index in [9.17, 15) is 14.4 Å². The second-order valence-electron chi connectivity index (χ2n) is 5.68. The van der Waals surface area contributed by atoms with Gasteiger partial charge in [0, 0.05) is 24.8 Å². The number of carboxylic acids is 1. The van der Waals surface area contributed by atoms with Crippen molar-refractivity contribution in [1.82, 2.24) is 5.32 Å². The number of anilines is 1. The summed E-state index contributed by atoms with van der Waals surface area (Å²) in [6.07, 6.45) is 1.78. The highest BCUT2D eigenvalue weighted by atomic mass is 16.4. The quantitative estimate of drug-likeness (QED) is 0.748. The van der Waals surface area contributed by atoms with Crippen molar-refractivity contribution in [3.63, 3.8) is 0 Å². The first-order valence-corrected chi connectivity index (χ1v) is 7.68. The van der Waals surface area contributed by atoms with Gasteiger partial charge < -0.3 is 15.7 Å². The van der Waals surface area contributed by atoms with Crippen LogP contribution in [0.25, 0.3) is 11.1 Å². The van der Waals surface area contributed by atoms with E-state index in [2.05, 4.69) is 10.6 Å². The van der Waals surface area contributed by atoms with Gasteiger partial charge in [0.2, 0.25) is 11.8 Å². The maximum atomic E-state index is 12.1. The third-order valence-electron chi connectivity index (χ3n) is 3.91. The third kappa shape index (κ3) is 3.42. The molecule has 2 amide bonds. The maximum Gasteiger partial charge on any atom is 0.328 e. The monoisotopic (exact) mass is 336 g/mol. The van der Waals surface area contributed by atoms with Crippen molar-refractivity contribution in [2.75, 3.05) is 5.32 Å². The normalized spacial score (nSPS) is 14.7. The average molecular weight is 336 g/mol. The molecule has 1 aliphatic carbocycles. The van der Waals surface area contributed by atoms with Gasteiger partial charge in [-0.05, 0) is 34.4 Å². The van der Waals surface area contributed by atoms with Gasteiger partial charge in [0.1, 0.15) is 0 Å². The van der Waals surface area contributed by atoms with Crippen LogP contribution in [0, 0.1) is 0 Å². The molecule has 2 aromatic carbocycles. The summed E-state index contributed by atoms with van der Waals surface area (Å²) in [7, 11) is 0. The van der Waals surface area contributed by atoms with Crippen molar-refractivity contribution in [3.05, 3.63) is 65.7 Å². The zero-order valence-corrected chi connectivity index (χ0v) is 13.4. The molecule has 3 rings (SSSR count). The second-order valence-corrected chi connectivity index (χ2v) is 5.68. The summed E-state index contributed by atoms with van der Waals surface area (Å²) in [6, 6.07) is 12.8. The molecule has 1 aliphatic rings. The lowest BCUT2D eigenvalue weighted by Gasteiger charge is -2.15. The van der Waals surface area contributed by atoms with Gasteiger partial charge in [0.25, 0.3) is 0 Å². The topological polar surface area (TPSA) is 95.5 Å². The van der Waals surface area contributed by atoms with E-state index < -0.39 is 17.9 Å². The predicted octanol–water partition coefficient (Wildman–Crippen LogP) is 2.47. The van der Waals surface area contributed by atoms with E-state index in [-0.39, 0.29) is 5.91 Å². The number of carbonyl (C=O) groups is 3. The van der Waals surface area contributed by atoms with Crippen molar-refractivity contribution in [1.29, 1.82) is 0 Å². The number of amides is 2. The van der Waals surface area contributed by atoms with E-state index in [0.29, 0.717) is 5.69 Å². The maximum absolute atomic E-state index is 12.1. The molecule has 25 heavy (non-hydrogen) atoms. The number of benzene rings is 2. The van der Waals surface area contributed by atoms with Crippen LogP contribution in [0.15, 0.2) is 54.6 Å². The number of rotatable bonds is 4. The fourth-order valence-corrected chi connectivity index (χ4v) is 2.98. The number of fused-ring (bicyclic) bond motifs is 3. The molecule has 0 radical (unpaired) electrons. The van der Waals surface area contributed by atoms with Gasteiger partial charge in [0.05, 0.1) is 6.04 Å². The lowest BCUT2D eigenvalue weighted by molar-refractivity contribution is -0.131. The largest absolute Gasteiger partial charge is 0.478 e. The molecule has 0 aromatic heterocycles. The van der Waals surface area contributed by atoms with Crippen molar-refractivity contribution in [2.45, 2.75) is 13.0 Å². The van der Waals surface area contributed by atoms with E-state index >= 15 is 0 Å². The molecule has 0 saturated heterocycles. The summed E-state index contributed by atoms with van der Waals surface area (Å²) >= 11 is 0.